The van der Waals surface area contributed by atoms with Crippen LogP contribution in [0.25, 0.3) is 0 Å². The monoisotopic (exact) mass is 242 g/mol. The highest BCUT2D eigenvalue weighted by Gasteiger charge is 2.36. The molecule has 0 aromatic heterocycles. The molecule has 1 atom stereocenters. The van der Waals surface area contributed by atoms with Gasteiger partial charge in [-0.15, -0.1) is 0 Å². The zero-order valence-electron chi connectivity index (χ0n) is 10.8. The highest BCUT2D eigenvalue weighted by molar-refractivity contribution is 5.80. The molecular formula is C12H22N2O3. The van der Waals surface area contributed by atoms with Gasteiger partial charge >= 0.3 is 5.97 Å². The molecule has 5 heteroatoms. The van der Waals surface area contributed by atoms with E-state index in [2.05, 4.69) is 10.6 Å². The predicted octanol–water partition coefficient (Wildman–Crippen LogP) is 0.300. The Morgan fingerprint density at radius 2 is 2.00 bits per heavy atom. The van der Waals surface area contributed by atoms with Crippen LogP contribution in [0, 0.1) is 11.8 Å². The van der Waals surface area contributed by atoms with Gasteiger partial charge in [0.25, 0.3) is 0 Å². The van der Waals surface area contributed by atoms with Gasteiger partial charge in [-0.1, -0.05) is 13.8 Å². The number of carbonyl (C=O) groups excluding carboxylic acids is 2. The molecule has 0 aromatic rings. The van der Waals surface area contributed by atoms with Crippen LogP contribution in [0.2, 0.25) is 0 Å². The second-order valence-electron chi connectivity index (χ2n) is 4.92. The summed E-state index contributed by atoms with van der Waals surface area (Å²) in [5, 5.41) is 5.77. The van der Waals surface area contributed by atoms with Crippen LogP contribution in [-0.4, -0.2) is 38.1 Å². The minimum absolute atomic E-state index is 0.0757. The number of carbonyl (C=O) groups is 2. The van der Waals surface area contributed by atoms with Crippen molar-refractivity contribution in [2.24, 2.45) is 11.8 Å². The molecule has 17 heavy (non-hydrogen) atoms. The van der Waals surface area contributed by atoms with E-state index in [0.29, 0.717) is 18.4 Å². The van der Waals surface area contributed by atoms with E-state index in [0.717, 1.165) is 12.8 Å². The summed E-state index contributed by atoms with van der Waals surface area (Å²) in [6.07, 6.45) is 2.06. The van der Waals surface area contributed by atoms with E-state index in [4.69, 9.17) is 4.74 Å². The summed E-state index contributed by atoms with van der Waals surface area (Å²) in [7, 11) is 1.37. The number of nitrogens with one attached hydrogen (secondary N) is 2. The number of hydrogen-bond acceptors (Lipinski definition) is 4. The van der Waals surface area contributed by atoms with Crippen LogP contribution in [0.1, 0.15) is 26.7 Å². The van der Waals surface area contributed by atoms with E-state index < -0.39 is 0 Å². The standard InChI is InChI=1S/C12H22N2O3/c1-8(2)6-13-10(15)7-14-11(9-4-5-9)12(16)17-3/h8-9,11,14H,4-7H2,1-3H3,(H,13,15). The molecule has 98 valence electrons. The molecule has 0 spiro atoms. The Bertz CT molecular complexity index is 275. The number of hydrogen-bond donors (Lipinski definition) is 2. The van der Waals surface area contributed by atoms with Crippen molar-refractivity contribution in [3.63, 3.8) is 0 Å². The highest BCUT2D eigenvalue weighted by Crippen LogP contribution is 2.32. The summed E-state index contributed by atoms with van der Waals surface area (Å²) in [6.45, 7) is 4.90. The first-order valence-electron chi connectivity index (χ1n) is 6.12. The van der Waals surface area contributed by atoms with E-state index in [1.165, 1.54) is 7.11 Å². The number of methoxy groups -OCH3 is 1. The average Bonchev–Trinajstić information content (AvgIpc) is 3.10. The molecule has 1 saturated carbocycles. The molecule has 2 N–H and O–H groups in total. The molecule has 1 fully saturated rings. The summed E-state index contributed by atoms with van der Waals surface area (Å²) >= 11 is 0. The lowest BCUT2D eigenvalue weighted by molar-refractivity contribution is -0.143. The maximum Gasteiger partial charge on any atom is 0.323 e. The fraction of sp³-hybridized carbons (Fsp3) is 0.833. The minimum atomic E-state index is -0.329. The summed E-state index contributed by atoms with van der Waals surface area (Å²) in [6, 6.07) is -0.329. The first kappa shape index (κ1) is 14.0. The number of rotatable bonds is 7. The fourth-order valence-electron chi connectivity index (χ4n) is 1.58. The van der Waals surface area contributed by atoms with Crippen molar-refractivity contribution < 1.29 is 14.3 Å². The lowest BCUT2D eigenvalue weighted by Gasteiger charge is -2.15. The van der Waals surface area contributed by atoms with Crippen molar-refractivity contribution in [1.29, 1.82) is 0 Å². The molecule has 0 radical (unpaired) electrons. The molecule has 5 nitrogen and oxygen atoms in total. The first-order chi connectivity index (χ1) is 8.04. The Morgan fingerprint density at radius 3 is 2.47 bits per heavy atom. The zero-order chi connectivity index (χ0) is 12.8. The molecule has 1 rings (SSSR count). The Hall–Kier alpha value is -1.10. The van der Waals surface area contributed by atoms with Gasteiger partial charge in [-0.3, -0.25) is 14.9 Å². The quantitative estimate of drug-likeness (QED) is 0.630. The molecule has 0 aliphatic heterocycles. The summed E-state index contributed by atoms with van der Waals surface area (Å²) in [5.41, 5.74) is 0. The maximum absolute atomic E-state index is 11.5. The van der Waals surface area contributed by atoms with E-state index in [-0.39, 0.29) is 24.5 Å². The van der Waals surface area contributed by atoms with Crippen molar-refractivity contribution in [2.75, 3.05) is 20.2 Å². The number of ether oxygens (including phenoxy) is 1. The molecular weight excluding hydrogens is 220 g/mol. The topological polar surface area (TPSA) is 67.4 Å². The molecule has 0 heterocycles. The smallest absolute Gasteiger partial charge is 0.323 e. The lowest BCUT2D eigenvalue weighted by Crippen LogP contribution is -2.45. The van der Waals surface area contributed by atoms with Crippen LogP contribution in [0.15, 0.2) is 0 Å². The van der Waals surface area contributed by atoms with Crippen LogP contribution in [0.5, 0.6) is 0 Å². The van der Waals surface area contributed by atoms with Gasteiger partial charge in [0.1, 0.15) is 6.04 Å². The van der Waals surface area contributed by atoms with E-state index >= 15 is 0 Å². The number of amides is 1. The van der Waals surface area contributed by atoms with Gasteiger partial charge in [0.15, 0.2) is 0 Å². The van der Waals surface area contributed by atoms with Gasteiger partial charge in [-0.2, -0.15) is 0 Å². The first-order valence-corrected chi connectivity index (χ1v) is 6.12. The van der Waals surface area contributed by atoms with Crippen LogP contribution >= 0.6 is 0 Å². The molecule has 0 bridgehead atoms. The summed E-state index contributed by atoms with van der Waals surface area (Å²) in [4.78, 5) is 22.9. The van der Waals surface area contributed by atoms with Crippen molar-refractivity contribution in [2.45, 2.75) is 32.7 Å². The second kappa shape index (κ2) is 6.59. The van der Waals surface area contributed by atoms with Gasteiger partial charge in [0, 0.05) is 6.54 Å². The van der Waals surface area contributed by atoms with Gasteiger partial charge < -0.3 is 10.1 Å². The van der Waals surface area contributed by atoms with Gasteiger partial charge in [-0.25, -0.2) is 0 Å². The third-order valence-corrected chi connectivity index (χ3v) is 2.74. The third-order valence-electron chi connectivity index (χ3n) is 2.74. The Kier molecular flexibility index (Phi) is 5.41. The van der Waals surface area contributed by atoms with Crippen molar-refractivity contribution in [3.8, 4) is 0 Å². The van der Waals surface area contributed by atoms with E-state index in [1.54, 1.807) is 0 Å². The highest BCUT2D eigenvalue weighted by atomic mass is 16.5. The van der Waals surface area contributed by atoms with Crippen molar-refractivity contribution in [3.05, 3.63) is 0 Å². The van der Waals surface area contributed by atoms with Crippen LogP contribution < -0.4 is 10.6 Å². The molecule has 0 aromatic carbocycles. The maximum atomic E-state index is 11.5. The van der Waals surface area contributed by atoms with Crippen LogP contribution in [0.4, 0.5) is 0 Å². The van der Waals surface area contributed by atoms with Crippen LogP contribution in [-0.2, 0) is 14.3 Å². The summed E-state index contributed by atoms with van der Waals surface area (Å²) < 4.78 is 4.71. The Balaban J connectivity index is 2.26. The third kappa shape index (κ3) is 5.17. The Morgan fingerprint density at radius 1 is 1.35 bits per heavy atom. The lowest BCUT2D eigenvalue weighted by atomic mass is 10.2. The van der Waals surface area contributed by atoms with Crippen LogP contribution in [0.3, 0.4) is 0 Å². The number of esters is 1. The van der Waals surface area contributed by atoms with Crippen molar-refractivity contribution >= 4 is 11.9 Å². The zero-order valence-corrected chi connectivity index (χ0v) is 10.8. The minimum Gasteiger partial charge on any atom is -0.468 e. The molecule has 1 aliphatic carbocycles. The fourth-order valence-corrected chi connectivity index (χ4v) is 1.58. The Labute approximate surface area is 102 Å². The molecule has 1 aliphatic rings. The molecule has 0 saturated heterocycles. The van der Waals surface area contributed by atoms with E-state index in [9.17, 15) is 9.59 Å². The summed E-state index contributed by atoms with van der Waals surface area (Å²) in [5.74, 6) is 0.413. The predicted molar refractivity (Wildman–Crippen MR) is 64.4 cm³/mol. The van der Waals surface area contributed by atoms with Gasteiger partial charge in [0.2, 0.25) is 5.91 Å². The molecule has 1 unspecified atom stereocenters. The van der Waals surface area contributed by atoms with Crippen molar-refractivity contribution in [1.82, 2.24) is 10.6 Å². The SMILES string of the molecule is COC(=O)C(NCC(=O)NCC(C)C)C1CC1. The molecule has 1 amide bonds. The average molecular weight is 242 g/mol. The van der Waals surface area contributed by atoms with E-state index in [1.807, 2.05) is 13.8 Å². The normalized spacial score (nSPS) is 16.7. The van der Waals surface area contributed by atoms with Gasteiger partial charge in [0.05, 0.1) is 13.7 Å². The largest absolute Gasteiger partial charge is 0.468 e. The second-order valence-corrected chi connectivity index (χ2v) is 4.92. The van der Waals surface area contributed by atoms with Gasteiger partial charge in [-0.05, 0) is 24.7 Å².